The molecular formula is C18H18N2O2. The topological polar surface area (TPSA) is 58.2 Å². The average Bonchev–Trinajstić information content (AvgIpc) is 2.50. The van der Waals surface area contributed by atoms with Crippen LogP contribution in [0, 0.1) is 6.92 Å². The van der Waals surface area contributed by atoms with E-state index in [0.29, 0.717) is 11.3 Å². The molecule has 0 aliphatic heterocycles. The number of carbonyl (C=O) groups excluding carboxylic acids is 2. The number of urea groups is 1. The van der Waals surface area contributed by atoms with Crippen molar-refractivity contribution in [3.8, 4) is 0 Å². The fraction of sp³-hybridized carbons (Fsp3) is 0.111. The van der Waals surface area contributed by atoms with Crippen LogP contribution < -0.4 is 10.6 Å². The molecule has 2 aromatic carbocycles. The van der Waals surface area contributed by atoms with Crippen molar-refractivity contribution in [2.45, 2.75) is 13.8 Å². The van der Waals surface area contributed by atoms with Gasteiger partial charge in [-0.2, -0.15) is 0 Å². The van der Waals surface area contributed by atoms with E-state index in [0.717, 1.165) is 5.56 Å². The van der Waals surface area contributed by atoms with E-state index in [2.05, 4.69) is 10.6 Å². The molecule has 4 nitrogen and oxygen atoms in total. The molecule has 0 bridgehead atoms. The van der Waals surface area contributed by atoms with Gasteiger partial charge in [0.2, 0.25) is 0 Å². The van der Waals surface area contributed by atoms with E-state index < -0.39 is 0 Å². The third-order valence-electron chi connectivity index (χ3n) is 3.12. The molecule has 0 aromatic heterocycles. The van der Waals surface area contributed by atoms with Crippen LogP contribution in [-0.2, 0) is 0 Å². The highest BCUT2D eigenvalue weighted by Gasteiger charge is 2.01. The molecule has 22 heavy (non-hydrogen) atoms. The number of Topliss-reactive ketones (excluding diaryl/α,β-unsaturated/α-hetero) is 1. The first-order chi connectivity index (χ1) is 10.5. The van der Waals surface area contributed by atoms with E-state index in [9.17, 15) is 9.59 Å². The third kappa shape index (κ3) is 4.59. The normalized spacial score (nSPS) is 10.5. The molecule has 0 saturated carbocycles. The maximum absolute atomic E-state index is 11.7. The van der Waals surface area contributed by atoms with E-state index in [4.69, 9.17) is 0 Å². The van der Waals surface area contributed by atoms with Crippen molar-refractivity contribution in [2.24, 2.45) is 0 Å². The zero-order valence-electron chi connectivity index (χ0n) is 12.6. The van der Waals surface area contributed by atoms with Crippen molar-refractivity contribution in [2.75, 3.05) is 5.32 Å². The summed E-state index contributed by atoms with van der Waals surface area (Å²) in [5.74, 6) is -0.00275. The van der Waals surface area contributed by atoms with Crippen molar-refractivity contribution >= 4 is 23.6 Å². The summed E-state index contributed by atoms with van der Waals surface area (Å²) >= 11 is 0. The minimum absolute atomic E-state index is 0.00275. The van der Waals surface area contributed by atoms with Gasteiger partial charge in [-0.25, -0.2) is 4.79 Å². The number of benzene rings is 2. The Labute approximate surface area is 129 Å². The molecule has 0 aliphatic carbocycles. The fourth-order valence-electron chi connectivity index (χ4n) is 1.85. The molecule has 0 spiro atoms. The summed E-state index contributed by atoms with van der Waals surface area (Å²) in [7, 11) is 0. The molecule has 0 unspecified atom stereocenters. The Hall–Kier alpha value is -2.88. The molecule has 0 heterocycles. The lowest BCUT2D eigenvalue weighted by atomic mass is 10.1. The quantitative estimate of drug-likeness (QED) is 0.838. The first kappa shape index (κ1) is 15.5. The third-order valence-corrected chi connectivity index (χ3v) is 3.12. The second-order valence-corrected chi connectivity index (χ2v) is 4.98. The van der Waals surface area contributed by atoms with Crippen LogP contribution in [0.15, 0.2) is 54.7 Å². The number of carbonyl (C=O) groups is 2. The number of hydrogen-bond acceptors (Lipinski definition) is 2. The summed E-state index contributed by atoms with van der Waals surface area (Å²) in [5, 5.41) is 5.32. The predicted octanol–water partition coefficient (Wildman–Crippen LogP) is 3.99. The highest BCUT2D eigenvalue weighted by Crippen LogP contribution is 2.10. The summed E-state index contributed by atoms with van der Waals surface area (Å²) < 4.78 is 0. The molecule has 0 radical (unpaired) electrons. The number of aryl methyl sites for hydroxylation is 1. The second-order valence-electron chi connectivity index (χ2n) is 4.98. The smallest absolute Gasteiger partial charge is 0.314 e. The molecule has 2 rings (SSSR count). The van der Waals surface area contributed by atoms with Gasteiger partial charge < -0.3 is 10.6 Å². The fourth-order valence-corrected chi connectivity index (χ4v) is 1.85. The first-order valence-electron chi connectivity index (χ1n) is 6.96. The van der Waals surface area contributed by atoms with Crippen molar-refractivity contribution in [3.05, 3.63) is 71.4 Å². The van der Waals surface area contributed by atoms with Crippen LogP contribution >= 0.6 is 0 Å². The molecule has 0 saturated heterocycles. The standard InChI is InChI=1S/C18H18N2O2/c1-13-3-5-15(6-4-13)11-12-19-18(22)20-17-9-7-16(8-10-17)14(2)21/h3-12H,1-2H3,(H2,19,20,22)/b12-11+. The van der Waals surface area contributed by atoms with Gasteiger partial charge >= 0.3 is 6.03 Å². The largest absolute Gasteiger partial charge is 0.323 e. The first-order valence-corrected chi connectivity index (χ1v) is 6.96. The van der Waals surface area contributed by atoms with Gasteiger partial charge in [0.1, 0.15) is 0 Å². The molecule has 0 atom stereocenters. The number of hydrogen-bond donors (Lipinski definition) is 2. The second kappa shape index (κ2) is 7.22. The van der Waals surface area contributed by atoms with Crippen LogP contribution in [0.25, 0.3) is 6.08 Å². The highest BCUT2D eigenvalue weighted by molar-refractivity contribution is 5.95. The van der Waals surface area contributed by atoms with E-state index in [1.54, 1.807) is 30.5 Å². The molecule has 0 fully saturated rings. The number of nitrogens with one attached hydrogen (secondary N) is 2. The minimum Gasteiger partial charge on any atom is -0.314 e. The van der Waals surface area contributed by atoms with Crippen molar-refractivity contribution < 1.29 is 9.59 Å². The summed E-state index contributed by atoms with van der Waals surface area (Å²) in [4.78, 5) is 22.9. The SMILES string of the molecule is CC(=O)c1ccc(NC(=O)N/C=C/c2ccc(C)cc2)cc1. The van der Waals surface area contributed by atoms with Gasteiger partial charge in [0.15, 0.2) is 5.78 Å². The van der Waals surface area contributed by atoms with Crippen LogP contribution in [0.1, 0.15) is 28.4 Å². The molecule has 112 valence electrons. The number of ketones is 1. The highest BCUT2D eigenvalue weighted by atomic mass is 16.2. The minimum atomic E-state index is -0.334. The maximum atomic E-state index is 11.7. The Morgan fingerprint density at radius 1 is 0.955 bits per heavy atom. The Balaban J connectivity index is 1.87. The zero-order valence-corrected chi connectivity index (χ0v) is 12.6. The predicted molar refractivity (Wildman–Crippen MR) is 88.8 cm³/mol. The van der Waals surface area contributed by atoms with Crippen molar-refractivity contribution in [1.82, 2.24) is 5.32 Å². The van der Waals surface area contributed by atoms with Crippen molar-refractivity contribution in [1.29, 1.82) is 0 Å². The maximum Gasteiger partial charge on any atom is 0.323 e. The zero-order chi connectivity index (χ0) is 15.9. The molecular weight excluding hydrogens is 276 g/mol. The van der Waals surface area contributed by atoms with E-state index >= 15 is 0 Å². The average molecular weight is 294 g/mol. The molecule has 2 aromatic rings. The Morgan fingerprint density at radius 3 is 2.18 bits per heavy atom. The number of rotatable bonds is 4. The van der Waals surface area contributed by atoms with E-state index in [-0.39, 0.29) is 11.8 Å². The van der Waals surface area contributed by atoms with Crippen LogP contribution in [0.5, 0.6) is 0 Å². The Bertz CT molecular complexity index is 686. The molecule has 0 aliphatic rings. The van der Waals surface area contributed by atoms with Crippen LogP contribution in [-0.4, -0.2) is 11.8 Å². The summed E-state index contributed by atoms with van der Waals surface area (Å²) in [6.45, 7) is 3.53. The lowest BCUT2D eigenvalue weighted by Gasteiger charge is -2.05. The monoisotopic (exact) mass is 294 g/mol. The van der Waals surface area contributed by atoms with E-state index in [1.807, 2.05) is 37.3 Å². The van der Waals surface area contributed by atoms with Gasteiger partial charge in [0.05, 0.1) is 0 Å². The summed E-state index contributed by atoms with van der Waals surface area (Å²) in [6.07, 6.45) is 3.40. The van der Waals surface area contributed by atoms with E-state index in [1.165, 1.54) is 12.5 Å². The van der Waals surface area contributed by atoms with Gasteiger partial charge in [0.25, 0.3) is 0 Å². The molecule has 4 heteroatoms. The molecule has 2 N–H and O–H groups in total. The number of anilines is 1. The van der Waals surface area contributed by atoms with Gasteiger partial charge in [-0.05, 0) is 49.8 Å². The lowest BCUT2D eigenvalue weighted by molar-refractivity contribution is 0.101. The summed E-state index contributed by atoms with van der Waals surface area (Å²) in [5.41, 5.74) is 3.45. The van der Waals surface area contributed by atoms with Crippen LogP contribution in [0.2, 0.25) is 0 Å². The number of amides is 2. The van der Waals surface area contributed by atoms with Gasteiger partial charge in [-0.3, -0.25) is 4.79 Å². The van der Waals surface area contributed by atoms with Gasteiger partial charge in [-0.1, -0.05) is 29.8 Å². The van der Waals surface area contributed by atoms with Crippen molar-refractivity contribution in [3.63, 3.8) is 0 Å². The lowest BCUT2D eigenvalue weighted by Crippen LogP contribution is -2.23. The van der Waals surface area contributed by atoms with Crippen LogP contribution in [0.3, 0.4) is 0 Å². The van der Waals surface area contributed by atoms with Gasteiger partial charge in [0, 0.05) is 17.5 Å². The van der Waals surface area contributed by atoms with Crippen LogP contribution in [0.4, 0.5) is 10.5 Å². The Morgan fingerprint density at radius 2 is 1.59 bits per heavy atom. The Kier molecular flexibility index (Phi) is 5.09. The summed E-state index contributed by atoms with van der Waals surface area (Å²) in [6, 6.07) is 14.4. The molecule has 2 amide bonds. The van der Waals surface area contributed by atoms with Gasteiger partial charge in [-0.15, -0.1) is 0 Å².